The molecule has 0 unspecified atom stereocenters. The Bertz CT molecular complexity index is 1570. The highest BCUT2D eigenvalue weighted by Gasteiger charge is 2.46. The monoisotopic (exact) mass is 485 g/mol. The molecule has 1 spiro atoms. The predicted octanol–water partition coefficient (Wildman–Crippen LogP) is 4.30. The number of nitrogens with zero attached hydrogens (tertiary/aromatic N) is 5. The number of aromatic nitrogens is 5. The normalized spacial score (nSPS) is 21.3. The fraction of sp³-hybridized carbons (Fsp3) is 0.462. The maximum Gasteiger partial charge on any atom is 0.278 e. The molecule has 4 aromatic rings. The van der Waals surface area contributed by atoms with E-state index < -0.39 is 0 Å². The molecular formula is C26H27N7OS. The highest BCUT2D eigenvalue weighted by atomic mass is 32.1. The van der Waals surface area contributed by atoms with Crippen molar-refractivity contribution in [2.24, 2.45) is 0 Å². The van der Waals surface area contributed by atoms with Crippen LogP contribution < -0.4 is 16.2 Å². The number of rotatable bonds is 5. The van der Waals surface area contributed by atoms with E-state index >= 15 is 0 Å². The Morgan fingerprint density at radius 3 is 2.80 bits per heavy atom. The fourth-order valence-corrected chi connectivity index (χ4v) is 6.53. The van der Waals surface area contributed by atoms with Gasteiger partial charge in [-0.2, -0.15) is 4.98 Å². The lowest BCUT2D eigenvalue weighted by Crippen LogP contribution is -2.36. The lowest BCUT2D eigenvalue weighted by Gasteiger charge is -2.27. The smallest absolute Gasteiger partial charge is 0.278 e. The molecule has 1 aromatic carbocycles. The summed E-state index contributed by atoms with van der Waals surface area (Å²) in [6.07, 6.45) is 9.51. The van der Waals surface area contributed by atoms with Crippen LogP contribution in [0, 0.1) is 0 Å². The lowest BCUT2D eigenvalue weighted by atomic mass is 9.92. The summed E-state index contributed by atoms with van der Waals surface area (Å²) in [5.41, 5.74) is 5.93. The molecule has 3 saturated carbocycles. The summed E-state index contributed by atoms with van der Waals surface area (Å²) in [7, 11) is 0. The second kappa shape index (κ2) is 6.79. The lowest BCUT2D eigenvalue weighted by molar-refractivity contribution is 0.490. The third kappa shape index (κ3) is 3.07. The maximum absolute atomic E-state index is 13.3. The van der Waals surface area contributed by atoms with Crippen molar-refractivity contribution in [2.75, 3.05) is 11.9 Å². The van der Waals surface area contributed by atoms with Gasteiger partial charge in [0.05, 0.1) is 11.7 Å². The number of benzene rings is 1. The van der Waals surface area contributed by atoms with Gasteiger partial charge in [0.15, 0.2) is 5.65 Å². The first-order valence-electron chi connectivity index (χ1n) is 12.7. The Morgan fingerprint density at radius 1 is 1.17 bits per heavy atom. The number of anilines is 2. The van der Waals surface area contributed by atoms with Crippen molar-refractivity contribution in [3.63, 3.8) is 0 Å². The molecule has 3 aliphatic carbocycles. The minimum Gasteiger partial charge on any atom is -0.324 e. The van der Waals surface area contributed by atoms with E-state index in [2.05, 4.69) is 46.1 Å². The fourth-order valence-electron chi connectivity index (χ4n) is 5.55. The van der Waals surface area contributed by atoms with E-state index in [0.717, 1.165) is 42.3 Å². The molecule has 3 fully saturated rings. The van der Waals surface area contributed by atoms with E-state index in [1.54, 1.807) is 17.5 Å². The van der Waals surface area contributed by atoms with Gasteiger partial charge in [-0.3, -0.25) is 4.79 Å². The van der Waals surface area contributed by atoms with Crippen LogP contribution in [0.3, 0.4) is 0 Å². The predicted molar refractivity (Wildman–Crippen MR) is 136 cm³/mol. The zero-order valence-corrected chi connectivity index (χ0v) is 20.5. The third-order valence-corrected chi connectivity index (χ3v) is 9.11. The Balaban J connectivity index is 1.21. The highest BCUT2D eigenvalue weighted by Crippen LogP contribution is 2.49. The van der Waals surface area contributed by atoms with Crippen LogP contribution in [0.1, 0.15) is 68.3 Å². The van der Waals surface area contributed by atoms with Crippen molar-refractivity contribution in [2.45, 2.75) is 68.9 Å². The van der Waals surface area contributed by atoms with Crippen LogP contribution in [-0.2, 0) is 17.4 Å². The number of thiazole rings is 1. The number of hydrogen-bond donors (Lipinski definition) is 2. The van der Waals surface area contributed by atoms with E-state index in [1.165, 1.54) is 36.8 Å². The van der Waals surface area contributed by atoms with Crippen LogP contribution in [0.15, 0.2) is 34.6 Å². The topological polar surface area (TPSA) is 89.7 Å². The first kappa shape index (κ1) is 20.2. The van der Waals surface area contributed by atoms with Crippen LogP contribution in [0.4, 0.5) is 11.6 Å². The van der Waals surface area contributed by atoms with Gasteiger partial charge in [-0.25, -0.2) is 19.3 Å². The van der Waals surface area contributed by atoms with Gasteiger partial charge < -0.3 is 10.6 Å². The Labute approximate surface area is 206 Å². The molecule has 8 nitrogen and oxygen atoms in total. The van der Waals surface area contributed by atoms with Crippen molar-refractivity contribution in [1.82, 2.24) is 29.6 Å². The molecule has 2 N–H and O–H groups in total. The average Bonchev–Trinajstić information content (AvgIpc) is 3.82. The maximum atomic E-state index is 13.3. The quantitative estimate of drug-likeness (QED) is 0.438. The summed E-state index contributed by atoms with van der Waals surface area (Å²) >= 11 is 1.59. The number of nitrogens with one attached hydrogen (secondary N) is 2. The average molecular weight is 486 g/mol. The van der Waals surface area contributed by atoms with Crippen molar-refractivity contribution < 1.29 is 0 Å². The summed E-state index contributed by atoms with van der Waals surface area (Å²) in [5, 5.41) is 10.6. The molecule has 8 rings (SSSR count). The Kier molecular flexibility index (Phi) is 3.92. The van der Waals surface area contributed by atoms with Gasteiger partial charge in [0.25, 0.3) is 5.56 Å². The molecule has 0 radical (unpaired) electrons. The van der Waals surface area contributed by atoms with E-state index in [1.807, 2.05) is 9.36 Å². The van der Waals surface area contributed by atoms with Gasteiger partial charge in [-0.05, 0) is 68.2 Å². The summed E-state index contributed by atoms with van der Waals surface area (Å²) in [6, 6.07) is 6.80. The van der Waals surface area contributed by atoms with Gasteiger partial charge in [-0.1, -0.05) is 13.0 Å². The molecule has 4 aliphatic rings. The SMILES string of the molecule is CC1(c2csc(-n3c4nc(Nc5ccc6c(c5)CCNC65CC5)ncc4c(=O)n3C3CC3)n2)CC1. The van der Waals surface area contributed by atoms with Crippen LogP contribution in [0.25, 0.3) is 16.2 Å². The molecule has 3 aromatic heterocycles. The van der Waals surface area contributed by atoms with Crippen molar-refractivity contribution >= 4 is 34.0 Å². The number of fused-ring (bicyclic) bond motifs is 3. The van der Waals surface area contributed by atoms with E-state index in [0.29, 0.717) is 17.0 Å². The second-order valence-corrected chi connectivity index (χ2v) is 11.8. The van der Waals surface area contributed by atoms with Crippen molar-refractivity contribution in [3.8, 4) is 5.13 Å². The van der Waals surface area contributed by atoms with E-state index in [4.69, 9.17) is 9.97 Å². The zero-order chi connectivity index (χ0) is 23.4. The molecule has 0 atom stereocenters. The zero-order valence-electron chi connectivity index (χ0n) is 19.7. The number of hydrogen-bond acceptors (Lipinski definition) is 7. The largest absolute Gasteiger partial charge is 0.324 e. The van der Waals surface area contributed by atoms with Crippen molar-refractivity contribution in [1.29, 1.82) is 0 Å². The molecular weight excluding hydrogens is 458 g/mol. The molecule has 35 heavy (non-hydrogen) atoms. The molecule has 1 aliphatic heterocycles. The molecule has 4 heterocycles. The van der Waals surface area contributed by atoms with E-state index in [-0.39, 0.29) is 22.6 Å². The minimum absolute atomic E-state index is 0.0283. The summed E-state index contributed by atoms with van der Waals surface area (Å²) < 4.78 is 3.79. The van der Waals surface area contributed by atoms with Crippen molar-refractivity contribution in [3.05, 3.63) is 57.0 Å². The molecule has 0 saturated heterocycles. The van der Waals surface area contributed by atoms with Gasteiger partial charge in [0.1, 0.15) is 5.39 Å². The van der Waals surface area contributed by atoms with Crippen LogP contribution in [0.5, 0.6) is 0 Å². The first-order chi connectivity index (χ1) is 17.0. The van der Waals surface area contributed by atoms with Gasteiger partial charge >= 0.3 is 0 Å². The van der Waals surface area contributed by atoms with Crippen LogP contribution in [-0.4, -0.2) is 30.9 Å². The summed E-state index contributed by atoms with van der Waals surface area (Å²) in [6.45, 7) is 3.28. The summed E-state index contributed by atoms with van der Waals surface area (Å²) in [4.78, 5) is 27.7. The Hall–Kier alpha value is -3.04. The van der Waals surface area contributed by atoms with Crippen LogP contribution >= 0.6 is 11.3 Å². The standard InChI is InChI=1S/C26H27N7OS/c1-25(7-8-25)20-14-35-24(30-20)33-21-18(22(34)32(33)17-3-4-17)13-27-23(31-21)29-16-2-5-19-15(12-16)6-11-28-26(19)9-10-26/h2,5,12-14,17,28H,3-4,6-11H2,1H3,(H,27,29,31). The molecule has 0 amide bonds. The minimum atomic E-state index is -0.0283. The third-order valence-electron chi connectivity index (χ3n) is 8.29. The van der Waals surface area contributed by atoms with Gasteiger partial charge in [0.2, 0.25) is 11.1 Å². The highest BCUT2D eigenvalue weighted by molar-refractivity contribution is 7.12. The van der Waals surface area contributed by atoms with E-state index in [9.17, 15) is 4.79 Å². The first-order valence-corrected chi connectivity index (χ1v) is 13.5. The van der Waals surface area contributed by atoms with Crippen LogP contribution in [0.2, 0.25) is 0 Å². The molecule has 178 valence electrons. The molecule has 9 heteroatoms. The van der Waals surface area contributed by atoms with Gasteiger partial charge in [0, 0.05) is 34.8 Å². The summed E-state index contributed by atoms with van der Waals surface area (Å²) in [5.74, 6) is 0.500. The van der Waals surface area contributed by atoms with Gasteiger partial charge in [-0.15, -0.1) is 11.3 Å². The second-order valence-electron chi connectivity index (χ2n) is 11.0. The Morgan fingerprint density at radius 2 is 2.03 bits per heavy atom. The molecule has 0 bridgehead atoms.